The van der Waals surface area contributed by atoms with Gasteiger partial charge in [-0.3, -0.25) is 29.8 Å². The zero-order valence-corrected chi connectivity index (χ0v) is 14.9. The van der Waals surface area contributed by atoms with Crippen LogP contribution in [0, 0.1) is 26.1 Å². The molecule has 0 aliphatic heterocycles. The van der Waals surface area contributed by atoms with Gasteiger partial charge in [-0.25, -0.2) is 0 Å². The topological polar surface area (TPSA) is 144 Å². The standard InChI is InChI=1S/C16H22N4O6/c1-4-5-17-16(22)14(6-10(2)3)18-15(21)11-7-12(19(23)24)9-13(8-11)20(25)26/h7-10,14H,4-6H2,1-3H3,(H,17,22)(H,18,21)/t14-/m0/s1. The molecule has 0 fully saturated rings. The number of non-ortho nitro benzene ring substituents is 2. The fourth-order valence-corrected chi connectivity index (χ4v) is 2.25. The lowest BCUT2D eigenvalue weighted by Crippen LogP contribution is -2.47. The summed E-state index contributed by atoms with van der Waals surface area (Å²) in [5.74, 6) is -1.05. The van der Waals surface area contributed by atoms with Crippen LogP contribution in [0.3, 0.4) is 0 Å². The Labute approximate surface area is 150 Å². The second-order valence-electron chi connectivity index (χ2n) is 6.20. The Balaban J connectivity index is 3.09. The van der Waals surface area contributed by atoms with E-state index in [1.54, 1.807) is 0 Å². The number of rotatable bonds is 9. The van der Waals surface area contributed by atoms with Gasteiger partial charge in [0.1, 0.15) is 6.04 Å². The van der Waals surface area contributed by atoms with E-state index in [-0.39, 0.29) is 17.4 Å². The molecule has 1 atom stereocenters. The number of hydrogen-bond donors (Lipinski definition) is 2. The Kier molecular flexibility index (Phi) is 7.63. The largest absolute Gasteiger partial charge is 0.354 e. The Hall–Kier alpha value is -3.04. The number of nitrogens with zero attached hydrogens (tertiary/aromatic N) is 2. The van der Waals surface area contributed by atoms with E-state index in [0.717, 1.165) is 24.6 Å². The van der Waals surface area contributed by atoms with Crippen LogP contribution in [-0.2, 0) is 4.79 Å². The average molecular weight is 366 g/mol. The molecule has 0 aliphatic rings. The van der Waals surface area contributed by atoms with Crippen LogP contribution in [0.15, 0.2) is 18.2 Å². The normalized spacial score (nSPS) is 11.7. The first-order valence-corrected chi connectivity index (χ1v) is 8.18. The molecular formula is C16H22N4O6. The van der Waals surface area contributed by atoms with Crippen LogP contribution < -0.4 is 10.6 Å². The summed E-state index contributed by atoms with van der Waals surface area (Å²) in [6.07, 6.45) is 1.09. The van der Waals surface area contributed by atoms with Gasteiger partial charge in [-0.2, -0.15) is 0 Å². The third-order valence-corrected chi connectivity index (χ3v) is 3.46. The molecule has 10 nitrogen and oxygen atoms in total. The van der Waals surface area contributed by atoms with Gasteiger partial charge in [0, 0.05) is 18.7 Å². The van der Waals surface area contributed by atoms with Crippen molar-refractivity contribution in [1.29, 1.82) is 0 Å². The molecule has 0 aliphatic carbocycles. The molecule has 0 radical (unpaired) electrons. The number of carbonyl (C=O) groups is 2. The Bertz CT molecular complexity index is 672. The zero-order chi connectivity index (χ0) is 19.9. The first-order valence-electron chi connectivity index (χ1n) is 8.18. The molecule has 0 heterocycles. The molecule has 26 heavy (non-hydrogen) atoms. The van der Waals surface area contributed by atoms with Gasteiger partial charge >= 0.3 is 0 Å². The van der Waals surface area contributed by atoms with Gasteiger partial charge in [-0.15, -0.1) is 0 Å². The molecule has 0 saturated carbocycles. The summed E-state index contributed by atoms with van der Waals surface area (Å²) in [6.45, 7) is 6.10. The van der Waals surface area contributed by atoms with Gasteiger partial charge in [-0.1, -0.05) is 20.8 Å². The molecule has 2 amide bonds. The van der Waals surface area contributed by atoms with E-state index >= 15 is 0 Å². The lowest BCUT2D eigenvalue weighted by Gasteiger charge is -2.20. The van der Waals surface area contributed by atoms with Crippen LogP contribution in [0.2, 0.25) is 0 Å². The minimum atomic E-state index is -0.840. The Morgan fingerprint density at radius 2 is 1.62 bits per heavy atom. The number of nitrogens with one attached hydrogen (secondary N) is 2. The van der Waals surface area contributed by atoms with Crippen molar-refractivity contribution in [1.82, 2.24) is 10.6 Å². The van der Waals surface area contributed by atoms with Crippen molar-refractivity contribution in [2.75, 3.05) is 6.54 Å². The highest BCUT2D eigenvalue weighted by molar-refractivity contribution is 5.98. The number of hydrogen-bond acceptors (Lipinski definition) is 6. The summed E-state index contributed by atoms with van der Waals surface area (Å²) in [5, 5.41) is 27.1. The Morgan fingerprint density at radius 3 is 2.04 bits per heavy atom. The monoisotopic (exact) mass is 366 g/mol. The number of nitro benzene ring substituents is 2. The number of nitro groups is 2. The maximum atomic E-state index is 12.4. The molecule has 10 heteroatoms. The van der Waals surface area contributed by atoms with E-state index in [2.05, 4.69) is 10.6 Å². The number of carbonyl (C=O) groups excluding carboxylic acids is 2. The van der Waals surface area contributed by atoms with Gasteiger partial charge in [0.15, 0.2) is 0 Å². The first-order chi connectivity index (χ1) is 12.1. The predicted octanol–water partition coefficient (Wildman–Crippen LogP) is 2.17. The third kappa shape index (κ3) is 6.11. The highest BCUT2D eigenvalue weighted by Gasteiger charge is 2.25. The van der Waals surface area contributed by atoms with Crippen molar-refractivity contribution < 1.29 is 19.4 Å². The van der Waals surface area contributed by atoms with E-state index in [1.165, 1.54) is 0 Å². The van der Waals surface area contributed by atoms with E-state index in [1.807, 2.05) is 20.8 Å². The zero-order valence-electron chi connectivity index (χ0n) is 14.9. The van der Waals surface area contributed by atoms with Crippen molar-refractivity contribution in [3.8, 4) is 0 Å². The molecule has 2 N–H and O–H groups in total. The fraction of sp³-hybridized carbons (Fsp3) is 0.500. The first kappa shape index (κ1) is 21.0. The average Bonchev–Trinajstić information content (AvgIpc) is 2.57. The highest BCUT2D eigenvalue weighted by atomic mass is 16.6. The lowest BCUT2D eigenvalue weighted by atomic mass is 10.0. The summed E-state index contributed by atoms with van der Waals surface area (Å²) in [5.41, 5.74) is -1.39. The van der Waals surface area contributed by atoms with E-state index in [0.29, 0.717) is 13.0 Å². The fourth-order valence-electron chi connectivity index (χ4n) is 2.25. The summed E-state index contributed by atoms with van der Waals surface area (Å²) in [4.78, 5) is 44.9. The van der Waals surface area contributed by atoms with Crippen LogP contribution in [0.5, 0.6) is 0 Å². The molecule has 0 aromatic heterocycles. The molecule has 1 aromatic carbocycles. The van der Waals surface area contributed by atoms with Crippen molar-refractivity contribution in [3.05, 3.63) is 44.0 Å². The summed E-state index contributed by atoms with van der Waals surface area (Å²) in [7, 11) is 0. The van der Waals surface area contributed by atoms with Crippen LogP contribution in [-0.4, -0.2) is 34.2 Å². The van der Waals surface area contributed by atoms with Crippen molar-refractivity contribution in [2.24, 2.45) is 5.92 Å². The number of benzene rings is 1. The maximum Gasteiger partial charge on any atom is 0.277 e. The molecule has 1 rings (SSSR count). The third-order valence-electron chi connectivity index (χ3n) is 3.46. The van der Waals surface area contributed by atoms with Crippen LogP contribution >= 0.6 is 0 Å². The maximum absolute atomic E-state index is 12.4. The molecule has 1 aromatic rings. The van der Waals surface area contributed by atoms with E-state index in [4.69, 9.17) is 0 Å². The summed E-state index contributed by atoms with van der Waals surface area (Å²) < 4.78 is 0. The summed E-state index contributed by atoms with van der Waals surface area (Å²) in [6, 6.07) is 1.82. The van der Waals surface area contributed by atoms with Gasteiger partial charge in [-0.05, 0) is 18.8 Å². The van der Waals surface area contributed by atoms with Gasteiger partial charge in [0.05, 0.1) is 21.5 Å². The minimum Gasteiger partial charge on any atom is -0.354 e. The van der Waals surface area contributed by atoms with Crippen molar-refractivity contribution >= 4 is 23.2 Å². The molecular weight excluding hydrogens is 344 g/mol. The lowest BCUT2D eigenvalue weighted by molar-refractivity contribution is -0.394. The van der Waals surface area contributed by atoms with Crippen molar-refractivity contribution in [3.63, 3.8) is 0 Å². The second-order valence-corrected chi connectivity index (χ2v) is 6.20. The Morgan fingerprint density at radius 1 is 1.08 bits per heavy atom. The van der Waals surface area contributed by atoms with Crippen molar-refractivity contribution in [2.45, 2.75) is 39.7 Å². The van der Waals surface area contributed by atoms with E-state index in [9.17, 15) is 29.8 Å². The molecule has 0 spiro atoms. The van der Waals surface area contributed by atoms with Crippen LogP contribution in [0.1, 0.15) is 44.0 Å². The van der Waals surface area contributed by atoms with Gasteiger partial charge < -0.3 is 10.6 Å². The minimum absolute atomic E-state index is 0.104. The highest BCUT2D eigenvalue weighted by Crippen LogP contribution is 2.23. The van der Waals surface area contributed by atoms with Crippen LogP contribution in [0.4, 0.5) is 11.4 Å². The summed E-state index contributed by atoms with van der Waals surface area (Å²) >= 11 is 0. The van der Waals surface area contributed by atoms with E-state index < -0.39 is 33.2 Å². The number of amides is 2. The molecule has 0 saturated heterocycles. The predicted molar refractivity (Wildman–Crippen MR) is 93.8 cm³/mol. The molecule has 0 bridgehead atoms. The quantitative estimate of drug-likeness (QED) is 0.506. The second kappa shape index (κ2) is 9.44. The van der Waals surface area contributed by atoms with Crippen LogP contribution in [0.25, 0.3) is 0 Å². The smallest absolute Gasteiger partial charge is 0.277 e. The molecule has 0 unspecified atom stereocenters. The molecule has 142 valence electrons. The van der Waals surface area contributed by atoms with Gasteiger partial charge in [0.2, 0.25) is 5.91 Å². The van der Waals surface area contributed by atoms with Gasteiger partial charge in [0.25, 0.3) is 17.3 Å². The SMILES string of the molecule is CCCNC(=O)[C@H](CC(C)C)NC(=O)c1cc([N+](=O)[O-])cc([N+](=O)[O-])c1.